The number of nitrogens with zero attached hydrogens (tertiary/aromatic N) is 3. The molecular weight excluding hydrogens is 384 g/mol. The zero-order chi connectivity index (χ0) is 21.5. The molecule has 8 nitrogen and oxygen atoms in total. The summed E-state index contributed by atoms with van der Waals surface area (Å²) in [6.45, 7) is 4.72. The Labute approximate surface area is 173 Å². The maximum atomic E-state index is 11.0. The van der Waals surface area contributed by atoms with Crippen molar-refractivity contribution in [1.29, 1.82) is 0 Å². The van der Waals surface area contributed by atoms with Gasteiger partial charge in [-0.05, 0) is 50.2 Å². The van der Waals surface area contributed by atoms with Crippen LogP contribution in [0.3, 0.4) is 0 Å². The van der Waals surface area contributed by atoms with Crippen LogP contribution < -0.4 is 15.2 Å². The van der Waals surface area contributed by atoms with E-state index in [1.807, 2.05) is 31.2 Å². The number of benzene rings is 2. The Morgan fingerprint density at radius 2 is 1.40 bits per heavy atom. The van der Waals surface area contributed by atoms with Crippen molar-refractivity contribution in [3.63, 3.8) is 0 Å². The highest BCUT2D eigenvalue weighted by Gasteiger charge is 2.20. The zero-order valence-electron chi connectivity index (χ0n) is 16.7. The summed E-state index contributed by atoms with van der Waals surface area (Å²) in [4.78, 5) is 18.8. The van der Waals surface area contributed by atoms with Gasteiger partial charge in [0, 0.05) is 23.2 Å². The van der Waals surface area contributed by atoms with Gasteiger partial charge in [0.15, 0.2) is 11.3 Å². The van der Waals surface area contributed by atoms with Crippen molar-refractivity contribution >= 4 is 33.2 Å². The van der Waals surface area contributed by atoms with Crippen LogP contribution in [-0.2, 0) is 0 Å². The first kappa shape index (κ1) is 20.8. The van der Waals surface area contributed by atoms with E-state index >= 15 is 0 Å². The van der Waals surface area contributed by atoms with E-state index in [9.17, 15) is 10.1 Å². The summed E-state index contributed by atoms with van der Waals surface area (Å²) in [6.07, 6.45) is 3.26. The number of aromatic nitrogens is 2. The van der Waals surface area contributed by atoms with Gasteiger partial charge >= 0.3 is 5.69 Å². The maximum Gasteiger partial charge on any atom is 0.336 e. The summed E-state index contributed by atoms with van der Waals surface area (Å²) in [5.74, 6) is 0.970. The minimum absolute atomic E-state index is 0.0695. The lowest BCUT2D eigenvalue weighted by Gasteiger charge is -2.08. The fourth-order valence-corrected chi connectivity index (χ4v) is 2.99. The molecule has 30 heavy (non-hydrogen) atoms. The van der Waals surface area contributed by atoms with Crippen LogP contribution in [0.1, 0.15) is 13.8 Å². The van der Waals surface area contributed by atoms with E-state index in [4.69, 9.17) is 15.2 Å². The summed E-state index contributed by atoms with van der Waals surface area (Å²) < 4.78 is 10.6. The Bertz CT molecular complexity index is 1180. The molecule has 2 aromatic heterocycles. The molecule has 0 bridgehead atoms. The van der Waals surface area contributed by atoms with Gasteiger partial charge in [-0.15, -0.1) is 0 Å². The molecule has 0 unspecified atom stereocenters. The Hall–Kier alpha value is -3.94. The second-order valence-corrected chi connectivity index (χ2v) is 6.16. The molecule has 0 spiro atoms. The normalized spacial score (nSPS) is 10.3. The number of nitrogen functional groups attached to an aromatic ring is 1. The smallest absolute Gasteiger partial charge is 0.336 e. The molecule has 8 heteroatoms. The second-order valence-electron chi connectivity index (χ2n) is 6.16. The van der Waals surface area contributed by atoms with Gasteiger partial charge in [-0.1, -0.05) is 12.1 Å². The third-order valence-electron chi connectivity index (χ3n) is 4.27. The summed E-state index contributed by atoms with van der Waals surface area (Å²) in [6, 6.07) is 14.6. The number of anilines is 1. The predicted molar refractivity (Wildman–Crippen MR) is 117 cm³/mol. The molecule has 2 aromatic carbocycles. The van der Waals surface area contributed by atoms with Crippen LogP contribution in [0.5, 0.6) is 11.5 Å². The fourth-order valence-electron chi connectivity index (χ4n) is 2.99. The topological polar surface area (TPSA) is 113 Å². The molecule has 0 fully saturated rings. The monoisotopic (exact) mass is 406 g/mol. The highest BCUT2D eigenvalue weighted by Crippen LogP contribution is 2.33. The van der Waals surface area contributed by atoms with Gasteiger partial charge in [0.2, 0.25) is 0 Å². The molecule has 0 amide bonds. The first-order valence-corrected chi connectivity index (χ1v) is 9.47. The largest absolute Gasteiger partial charge is 0.492 e. The Kier molecular flexibility index (Phi) is 6.59. The van der Waals surface area contributed by atoms with Crippen LogP contribution in [0.25, 0.3) is 21.8 Å². The van der Waals surface area contributed by atoms with E-state index < -0.39 is 4.92 Å². The van der Waals surface area contributed by atoms with Crippen LogP contribution >= 0.6 is 0 Å². The van der Waals surface area contributed by atoms with E-state index in [1.165, 1.54) is 6.20 Å². The van der Waals surface area contributed by atoms with Crippen molar-refractivity contribution in [2.24, 2.45) is 0 Å². The molecular formula is C22H22N4O4. The van der Waals surface area contributed by atoms with Gasteiger partial charge in [0.05, 0.1) is 23.7 Å². The van der Waals surface area contributed by atoms with Gasteiger partial charge < -0.3 is 15.2 Å². The number of nitrogens with two attached hydrogens (primary N) is 1. The SMILES string of the molecule is CCOc1ccc2cccnc2c1N.CCOc1ccc2cccnc2c1[N+](=O)[O-]. The van der Waals surface area contributed by atoms with Crippen molar-refractivity contribution in [3.8, 4) is 11.5 Å². The number of pyridine rings is 2. The molecule has 0 atom stereocenters. The number of nitro groups is 1. The Morgan fingerprint density at radius 1 is 0.867 bits per heavy atom. The summed E-state index contributed by atoms with van der Waals surface area (Å²) >= 11 is 0. The van der Waals surface area contributed by atoms with Crippen molar-refractivity contribution in [2.75, 3.05) is 18.9 Å². The fraction of sp³-hybridized carbons (Fsp3) is 0.182. The molecule has 2 N–H and O–H groups in total. The van der Waals surface area contributed by atoms with Gasteiger partial charge in [-0.25, -0.2) is 4.98 Å². The molecule has 0 aliphatic heterocycles. The van der Waals surface area contributed by atoms with Crippen LogP contribution in [0.2, 0.25) is 0 Å². The van der Waals surface area contributed by atoms with E-state index in [0.29, 0.717) is 30.2 Å². The lowest BCUT2D eigenvalue weighted by Crippen LogP contribution is -1.99. The van der Waals surface area contributed by atoms with E-state index in [0.717, 1.165) is 16.3 Å². The second kappa shape index (κ2) is 9.51. The number of hydrogen-bond acceptors (Lipinski definition) is 7. The highest BCUT2D eigenvalue weighted by atomic mass is 16.6. The van der Waals surface area contributed by atoms with Crippen LogP contribution in [0, 0.1) is 10.1 Å². The van der Waals surface area contributed by atoms with Crippen molar-refractivity contribution in [3.05, 3.63) is 71.0 Å². The average Bonchev–Trinajstić information content (AvgIpc) is 2.76. The van der Waals surface area contributed by atoms with E-state index in [2.05, 4.69) is 9.97 Å². The van der Waals surface area contributed by atoms with Crippen LogP contribution in [-0.4, -0.2) is 28.1 Å². The quantitative estimate of drug-likeness (QED) is 0.289. The standard InChI is InChI=1S/C11H10N2O3.C11H12N2O/c1-2-16-9-6-5-8-4-3-7-12-10(8)11(9)13(14)15;1-2-14-9-6-5-8-4-3-7-13-11(8)10(9)12/h3-7H,2H2,1H3;3-7H,2,12H2,1H3. The number of hydrogen-bond donors (Lipinski definition) is 1. The molecule has 0 saturated carbocycles. The summed E-state index contributed by atoms with van der Waals surface area (Å²) in [7, 11) is 0. The van der Waals surface area contributed by atoms with Gasteiger partial charge in [0.25, 0.3) is 0 Å². The lowest BCUT2D eigenvalue weighted by molar-refractivity contribution is -0.384. The van der Waals surface area contributed by atoms with Crippen LogP contribution in [0.4, 0.5) is 11.4 Å². The molecule has 0 saturated heterocycles. The predicted octanol–water partition coefficient (Wildman–Crippen LogP) is 4.76. The first-order chi connectivity index (χ1) is 14.6. The first-order valence-electron chi connectivity index (χ1n) is 9.47. The number of fused-ring (bicyclic) bond motifs is 2. The van der Waals surface area contributed by atoms with Gasteiger partial charge in [-0.2, -0.15) is 0 Å². The molecule has 0 aliphatic rings. The summed E-state index contributed by atoms with van der Waals surface area (Å²) in [5.41, 5.74) is 7.63. The van der Waals surface area contributed by atoms with Gasteiger partial charge in [-0.3, -0.25) is 15.1 Å². The van der Waals surface area contributed by atoms with E-state index in [1.54, 1.807) is 37.4 Å². The Balaban J connectivity index is 0.000000172. The van der Waals surface area contributed by atoms with Crippen molar-refractivity contribution in [2.45, 2.75) is 13.8 Å². The minimum atomic E-state index is -0.458. The number of ether oxygens (including phenoxy) is 2. The lowest BCUT2D eigenvalue weighted by atomic mass is 10.2. The molecule has 4 rings (SSSR count). The van der Waals surface area contributed by atoms with Gasteiger partial charge in [0.1, 0.15) is 11.4 Å². The molecule has 154 valence electrons. The van der Waals surface area contributed by atoms with Crippen molar-refractivity contribution in [1.82, 2.24) is 9.97 Å². The average molecular weight is 406 g/mol. The number of nitro benzene ring substituents is 1. The number of rotatable bonds is 5. The molecule has 2 heterocycles. The summed E-state index contributed by atoms with van der Waals surface area (Å²) in [5, 5.41) is 12.8. The zero-order valence-corrected chi connectivity index (χ0v) is 16.7. The van der Waals surface area contributed by atoms with E-state index in [-0.39, 0.29) is 11.4 Å². The maximum absolute atomic E-state index is 11.0. The third kappa shape index (κ3) is 4.38. The minimum Gasteiger partial charge on any atom is -0.492 e. The molecule has 4 aromatic rings. The Morgan fingerprint density at radius 3 is 2.00 bits per heavy atom. The highest BCUT2D eigenvalue weighted by molar-refractivity contribution is 5.92. The molecule has 0 aliphatic carbocycles. The molecule has 0 radical (unpaired) electrons. The van der Waals surface area contributed by atoms with Crippen LogP contribution in [0.15, 0.2) is 60.9 Å². The van der Waals surface area contributed by atoms with Crippen molar-refractivity contribution < 1.29 is 14.4 Å². The third-order valence-corrected chi connectivity index (χ3v) is 4.27.